The number of aliphatic imine (C=N–C) groups is 1. The fourth-order valence-corrected chi connectivity index (χ4v) is 4.04. The largest absolute Gasteiger partial charge is 0.438 e. The normalized spacial score (nSPS) is 16.1. The molecule has 0 saturated heterocycles. The average Bonchev–Trinajstić information content (AvgIpc) is 3.10. The van der Waals surface area contributed by atoms with Crippen LogP contribution in [0.1, 0.15) is 18.1 Å². The molecule has 29 heavy (non-hydrogen) atoms. The van der Waals surface area contributed by atoms with Gasteiger partial charge in [-0.1, -0.05) is 84.9 Å². The van der Waals surface area contributed by atoms with Gasteiger partial charge in [0.05, 0.1) is 5.57 Å². The van der Waals surface area contributed by atoms with Crippen LogP contribution in [0.5, 0.6) is 5.75 Å². The number of halogens is 1. The monoisotopic (exact) mass is 395 g/mol. The van der Waals surface area contributed by atoms with Crippen LogP contribution in [0.3, 0.4) is 0 Å². The molecule has 4 aromatic rings. The van der Waals surface area contributed by atoms with Crippen LogP contribution >= 0.6 is 11.6 Å². The molecule has 1 aliphatic rings. The van der Waals surface area contributed by atoms with Crippen molar-refractivity contribution in [1.29, 1.82) is 0 Å². The molecule has 1 heterocycles. The van der Waals surface area contributed by atoms with E-state index in [9.17, 15) is 0 Å². The first-order chi connectivity index (χ1) is 14.1. The molecule has 2 nitrogen and oxygen atoms in total. The Balaban J connectivity index is 1.82. The van der Waals surface area contributed by atoms with Crippen molar-refractivity contribution in [3.63, 3.8) is 0 Å². The lowest BCUT2D eigenvalue weighted by Crippen LogP contribution is -2.04. The van der Waals surface area contributed by atoms with Crippen molar-refractivity contribution in [2.45, 2.75) is 6.92 Å². The number of benzene rings is 4. The first-order valence-corrected chi connectivity index (χ1v) is 9.83. The van der Waals surface area contributed by atoms with E-state index >= 15 is 0 Å². The van der Waals surface area contributed by atoms with E-state index in [0.717, 1.165) is 38.8 Å². The summed E-state index contributed by atoms with van der Waals surface area (Å²) in [5.74, 6) is 1.28. The van der Waals surface area contributed by atoms with E-state index in [-0.39, 0.29) is 5.16 Å². The van der Waals surface area contributed by atoms with Crippen molar-refractivity contribution in [1.82, 2.24) is 0 Å². The maximum Gasteiger partial charge on any atom is 0.229 e. The van der Waals surface area contributed by atoms with E-state index < -0.39 is 0 Å². The van der Waals surface area contributed by atoms with Crippen LogP contribution in [0.25, 0.3) is 32.7 Å². The van der Waals surface area contributed by atoms with Crippen molar-refractivity contribution in [2.75, 3.05) is 0 Å². The molecule has 0 amide bonds. The van der Waals surface area contributed by atoms with Gasteiger partial charge in [0, 0.05) is 5.56 Å². The zero-order valence-electron chi connectivity index (χ0n) is 15.9. The number of fused-ring (bicyclic) bond motifs is 4. The molecule has 0 bridgehead atoms. The predicted octanol–water partition coefficient (Wildman–Crippen LogP) is 7.42. The Labute approximate surface area is 174 Å². The maximum atomic E-state index is 6.12. The quantitative estimate of drug-likeness (QED) is 0.323. The molecule has 3 heteroatoms. The van der Waals surface area contributed by atoms with Gasteiger partial charge >= 0.3 is 0 Å². The molecule has 0 atom stereocenters. The molecule has 140 valence electrons. The van der Waals surface area contributed by atoms with Crippen molar-refractivity contribution >= 4 is 50.2 Å². The fourth-order valence-electron chi connectivity index (χ4n) is 3.96. The number of ether oxygens (including phenoxy) is 1. The first-order valence-electron chi connectivity index (χ1n) is 9.45. The Morgan fingerprint density at radius 2 is 1.55 bits per heavy atom. The zero-order chi connectivity index (χ0) is 20.0. The van der Waals surface area contributed by atoms with E-state index in [0.29, 0.717) is 5.90 Å². The summed E-state index contributed by atoms with van der Waals surface area (Å²) in [6.45, 7) is 5.83. The third-order valence-electron chi connectivity index (χ3n) is 5.34. The summed E-state index contributed by atoms with van der Waals surface area (Å²) in [4.78, 5) is 4.40. The van der Waals surface area contributed by atoms with Crippen LogP contribution in [0.4, 0.5) is 0 Å². The maximum absolute atomic E-state index is 6.12. The lowest BCUT2D eigenvalue weighted by Gasteiger charge is -2.10. The van der Waals surface area contributed by atoms with E-state index in [1.54, 1.807) is 0 Å². The van der Waals surface area contributed by atoms with Gasteiger partial charge in [0.2, 0.25) is 5.90 Å². The Hall–Kier alpha value is -3.36. The molecule has 0 spiro atoms. The SMILES string of the molecule is C=C(Cl)N=C1Oc2ccc3ccccc3c2/C1=C(/C)c1ccc2ccccc2c1. The zero-order valence-corrected chi connectivity index (χ0v) is 16.7. The third kappa shape index (κ3) is 3.02. The Bertz CT molecular complexity index is 1360. The Morgan fingerprint density at radius 1 is 0.862 bits per heavy atom. The lowest BCUT2D eigenvalue weighted by atomic mass is 9.92. The summed E-state index contributed by atoms with van der Waals surface area (Å²) in [7, 11) is 0. The van der Waals surface area contributed by atoms with Crippen LogP contribution in [0, 0.1) is 0 Å². The molecular formula is C26H18ClNO. The van der Waals surface area contributed by atoms with Gasteiger partial charge < -0.3 is 4.74 Å². The summed E-state index contributed by atoms with van der Waals surface area (Å²) in [5.41, 5.74) is 4.21. The van der Waals surface area contributed by atoms with Crippen molar-refractivity contribution < 1.29 is 4.74 Å². The van der Waals surface area contributed by atoms with Gasteiger partial charge in [0.15, 0.2) is 0 Å². The van der Waals surface area contributed by atoms with Gasteiger partial charge in [-0.15, -0.1) is 0 Å². The van der Waals surface area contributed by atoms with E-state index in [2.05, 4.69) is 79.2 Å². The highest BCUT2D eigenvalue weighted by Gasteiger charge is 2.29. The predicted molar refractivity (Wildman–Crippen MR) is 123 cm³/mol. The summed E-state index contributed by atoms with van der Waals surface area (Å²) < 4.78 is 6.12. The van der Waals surface area contributed by atoms with Crippen LogP contribution in [-0.4, -0.2) is 5.90 Å². The third-order valence-corrected chi connectivity index (χ3v) is 5.43. The van der Waals surface area contributed by atoms with E-state index in [4.69, 9.17) is 16.3 Å². The second-order valence-corrected chi connectivity index (χ2v) is 7.55. The number of hydrogen-bond acceptors (Lipinski definition) is 2. The van der Waals surface area contributed by atoms with Crippen LogP contribution in [-0.2, 0) is 0 Å². The molecule has 0 fully saturated rings. The second-order valence-electron chi connectivity index (χ2n) is 7.12. The number of nitrogens with zero attached hydrogens (tertiary/aromatic N) is 1. The second kappa shape index (κ2) is 6.91. The molecule has 0 N–H and O–H groups in total. The minimum absolute atomic E-state index is 0.195. The summed E-state index contributed by atoms with van der Waals surface area (Å²) in [5, 5.41) is 4.89. The van der Waals surface area contributed by atoms with Gasteiger partial charge in [-0.25, -0.2) is 4.99 Å². The van der Waals surface area contributed by atoms with Crippen molar-refractivity contribution in [3.05, 3.63) is 102 Å². The highest BCUT2D eigenvalue weighted by atomic mass is 35.5. The smallest absolute Gasteiger partial charge is 0.229 e. The topological polar surface area (TPSA) is 21.6 Å². The standard InChI is InChI=1S/C26H18ClNO/c1-16(20-12-11-18-7-3-4-9-21(18)15-20)24-25-22-10-6-5-8-19(22)13-14-23(25)29-26(24)28-17(2)27/h3-15H,2H2,1H3/b24-16+,28-26?. The molecule has 0 aliphatic carbocycles. The average molecular weight is 396 g/mol. The number of rotatable bonds is 2. The van der Waals surface area contributed by atoms with E-state index in [1.165, 1.54) is 10.8 Å². The highest BCUT2D eigenvalue weighted by molar-refractivity contribution is 6.36. The van der Waals surface area contributed by atoms with Crippen LogP contribution < -0.4 is 4.74 Å². The molecule has 4 aromatic carbocycles. The minimum atomic E-state index is 0.195. The van der Waals surface area contributed by atoms with Gasteiger partial charge in [-0.3, -0.25) is 0 Å². The summed E-state index contributed by atoms with van der Waals surface area (Å²) >= 11 is 6.03. The van der Waals surface area contributed by atoms with Crippen molar-refractivity contribution in [3.8, 4) is 5.75 Å². The fraction of sp³-hybridized carbons (Fsp3) is 0.0385. The van der Waals surface area contributed by atoms with Gasteiger partial charge in [0.1, 0.15) is 10.9 Å². The van der Waals surface area contributed by atoms with E-state index in [1.807, 2.05) is 18.2 Å². The highest BCUT2D eigenvalue weighted by Crippen LogP contribution is 2.44. The molecule has 0 aromatic heterocycles. The van der Waals surface area contributed by atoms with Gasteiger partial charge in [-0.05, 0) is 51.7 Å². The number of allylic oxidation sites excluding steroid dienone is 1. The summed E-state index contributed by atoms with van der Waals surface area (Å²) in [6, 6.07) is 27.2. The van der Waals surface area contributed by atoms with Gasteiger partial charge in [-0.2, -0.15) is 0 Å². The number of hydrogen-bond donors (Lipinski definition) is 0. The molecule has 0 saturated carbocycles. The minimum Gasteiger partial charge on any atom is -0.438 e. The molecular weight excluding hydrogens is 378 g/mol. The van der Waals surface area contributed by atoms with Crippen LogP contribution in [0.15, 0.2) is 95.6 Å². The molecule has 0 unspecified atom stereocenters. The molecule has 1 aliphatic heterocycles. The Morgan fingerprint density at radius 3 is 2.34 bits per heavy atom. The Kier molecular flexibility index (Phi) is 4.22. The molecule has 0 radical (unpaired) electrons. The first kappa shape index (κ1) is 17.7. The van der Waals surface area contributed by atoms with Crippen molar-refractivity contribution in [2.24, 2.45) is 4.99 Å². The summed E-state index contributed by atoms with van der Waals surface area (Å²) in [6.07, 6.45) is 0. The van der Waals surface area contributed by atoms with Crippen LogP contribution in [0.2, 0.25) is 0 Å². The lowest BCUT2D eigenvalue weighted by molar-refractivity contribution is 0.571. The van der Waals surface area contributed by atoms with Gasteiger partial charge in [0.25, 0.3) is 0 Å². The molecule has 5 rings (SSSR count).